The summed E-state index contributed by atoms with van der Waals surface area (Å²) in [6.07, 6.45) is 7.07. The van der Waals surface area contributed by atoms with Crippen molar-refractivity contribution in [1.29, 1.82) is 0 Å². The summed E-state index contributed by atoms with van der Waals surface area (Å²) < 4.78 is 0. The van der Waals surface area contributed by atoms with Crippen LogP contribution in [0.5, 0.6) is 0 Å². The highest BCUT2D eigenvalue weighted by Crippen LogP contribution is 2.26. The molecule has 2 aliphatic rings. The second-order valence-electron chi connectivity index (χ2n) is 5.04. The Hall–Kier alpha value is -2.65. The number of aromatic carboxylic acids is 1. The molecule has 0 aromatic heterocycles. The van der Waals surface area contributed by atoms with Crippen LogP contribution >= 0.6 is 11.8 Å². The molecule has 0 saturated heterocycles. The van der Waals surface area contributed by atoms with Gasteiger partial charge in [0.15, 0.2) is 0 Å². The number of benzene rings is 1. The lowest BCUT2D eigenvalue weighted by Gasteiger charge is -2.12. The topological polar surface area (TPSA) is 65.7 Å². The van der Waals surface area contributed by atoms with E-state index in [0.29, 0.717) is 0 Å². The summed E-state index contributed by atoms with van der Waals surface area (Å²) in [6, 6.07) is 9.76. The predicted octanol–water partition coefficient (Wildman–Crippen LogP) is 3.07. The van der Waals surface area contributed by atoms with Gasteiger partial charge in [0.2, 0.25) is 5.37 Å². The van der Waals surface area contributed by atoms with E-state index in [1.54, 1.807) is 36.0 Å². The van der Waals surface area contributed by atoms with Gasteiger partial charge in [-0.05, 0) is 41.7 Å². The molecule has 1 aromatic rings. The van der Waals surface area contributed by atoms with Gasteiger partial charge in [0.05, 0.1) is 23.1 Å². The van der Waals surface area contributed by atoms with Gasteiger partial charge in [-0.2, -0.15) is 0 Å². The fourth-order valence-electron chi connectivity index (χ4n) is 2.18. The average molecular weight is 326 g/mol. The first-order valence-electron chi connectivity index (χ1n) is 7.22. The van der Waals surface area contributed by atoms with Crippen LogP contribution in [0.1, 0.15) is 22.3 Å². The molecule has 0 bridgehead atoms. The van der Waals surface area contributed by atoms with Gasteiger partial charge < -0.3 is 15.7 Å². The van der Waals surface area contributed by atoms with Crippen molar-refractivity contribution in [2.24, 2.45) is 0 Å². The van der Waals surface area contributed by atoms with E-state index in [2.05, 4.69) is 33.7 Å². The summed E-state index contributed by atoms with van der Waals surface area (Å²) >= 11 is 1.59. The summed E-state index contributed by atoms with van der Waals surface area (Å²) in [5.74, 6) is -0.928. The second kappa shape index (κ2) is 7.07. The van der Waals surface area contributed by atoms with E-state index < -0.39 is 5.97 Å². The van der Waals surface area contributed by atoms with E-state index >= 15 is 0 Å². The largest absolute Gasteiger partial charge is 0.478 e. The van der Waals surface area contributed by atoms with E-state index in [9.17, 15) is 4.79 Å². The number of hydrogen-bond donors (Lipinski definition) is 3. The van der Waals surface area contributed by atoms with Gasteiger partial charge in [-0.15, -0.1) is 0 Å². The molecule has 5 nitrogen and oxygen atoms in total. The van der Waals surface area contributed by atoms with E-state index in [1.165, 1.54) is 0 Å². The normalized spacial score (nSPS) is 19.4. The lowest BCUT2D eigenvalue weighted by molar-refractivity contribution is 0.0697. The van der Waals surface area contributed by atoms with Crippen LogP contribution < -0.4 is 10.6 Å². The van der Waals surface area contributed by atoms with Crippen LogP contribution in [0.2, 0.25) is 0 Å². The van der Waals surface area contributed by atoms with Crippen molar-refractivity contribution >= 4 is 23.4 Å². The number of carboxylic acids is 1. The number of thioether (sulfide) groups is 1. The molecular weight excluding hydrogens is 310 g/mol. The minimum atomic E-state index is -0.928. The first-order valence-corrected chi connectivity index (χ1v) is 8.16. The van der Waals surface area contributed by atoms with Crippen LogP contribution in [-0.2, 0) is 0 Å². The smallest absolute Gasteiger partial charge is 0.353 e. The molecule has 116 valence electrons. The summed E-state index contributed by atoms with van der Waals surface area (Å²) in [5.41, 5.74) is 3.07. The summed E-state index contributed by atoms with van der Waals surface area (Å²) in [5, 5.41) is 17.4. The van der Waals surface area contributed by atoms with E-state index in [0.717, 1.165) is 29.9 Å². The molecule has 6 heteroatoms. The molecule has 2 heterocycles. The highest BCUT2D eigenvalue weighted by Gasteiger charge is 2.22. The molecule has 1 aromatic carbocycles. The third kappa shape index (κ3) is 3.96. The zero-order chi connectivity index (χ0) is 16.1. The minimum absolute atomic E-state index is 0.0248. The van der Waals surface area contributed by atoms with Gasteiger partial charge in [0, 0.05) is 5.70 Å². The number of rotatable bonds is 4. The fourth-order valence-corrected chi connectivity index (χ4v) is 2.97. The van der Waals surface area contributed by atoms with Gasteiger partial charge >= 0.3 is 17.7 Å². The van der Waals surface area contributed by atoms with Crippen molar-refractivity contribution in [3.63, 3.8) is 0 Å². The molecular formula is C17H16N3O2S+. The third-order valence-electron chi connectivity index (χ3n) is 3.39. The van der Waals surface area contributed by atoms with Crippen molar-refractivity contribution in [2.75, 3.05) is 6.54 Å². The van der Waals surface area contributed by atoms with Crippen LogP contribution in [0.25, 0.3) is 10.5 Å². The SMILES string of the molecule is O=C(O)c1ccc(C2=CSC(NC3=CCC=CNC3)C#[N+]2)cc1. The van der Waals surface area contributed by atoms with Crippen LogP contribution in [0.15, 0.2) is 53.7 Å². The highest BCUT2D eigenvalue weighted by molar-refractivity contribution is 8.03. The van der Waals surface area contributed by atoms with Gasteiger partial charge in [0.25, 0.3) is 0 Å². The lowest BCUT2D eigenvalue weighted by Crippen LogP contribution is -2.28. The maximum atomic E-state index is 10.9. The summed E-state index contributed by atoms with van der Waals surface area (Å²) in [6.45, 7) is 0.766. The average Bonchev–Trinajstić information content (AvgIpc) is 2.84. The van der Waals surface area contributed by atoms with Crippen molar-refractivity contribution in [3.8, 4) is 6.07 Å². The predicted molar refractivity (Wildman–Crippen MR) is 93.0 cm³/mol. The molecule has 3 rings (SSSR count). The first-order chi connectivity index (χ1) is 11.2. The number of nitrogens with zero attached hydrogens (tertiary/aromatic N) is 1. The Balaban J connectivity index is 1.64. The van der Waals surface area contributed by atoms with E-state index in [4.69, 9.17) is 5.11 Å². The van der Waals surface area contributed by atoms with E-state index in [1.807, 2.05) is 11.6 Å². The molecule has 3 N–H and O–H groups in total. The molecule has 0 aliphatic carbocycles. The number of hydrogen-bond acceptors (Lipinski definition) is 4. The standard InChI is InChI=1S/C17H15N3O2S/c21-17(22)13-6-4-12(5-7-13)15-11-23-16(10-19-15)20-14-3-1-2-8-18-9-14/h2-8,11,16,18,20H,1,9H2/p+1. The number of carbonyl (C=O) groups is 1. The maximum Gasteiger partial charge on any atom is 0.353 e. The first kappa shape index (κ1) is 15.3. The molecule has 0 saturated carbocycles. The number of carboxylic acid groups (broad SMARTS) is 1. The Morgan fingerprint density at radius 3 is 2.91 bits per heavy atom. The fraction of sp³-hybridized carbons (Fsp3) is 0.176. The van der Waals surface area contributed by atoms with Crippen LogP contribution in [0.4, 0.5) is 0 Å². The monoisotopic (exact) mass is 326 g/mol. The maximum absolute atomic E-state index is 10.9. The molecule has 23 heavy (non-hydrogen) atoms. The Morgan fingerprint density at radius 1 is 1.39 bits per heavy atom. The molecule has 0 fully saturated rings. The zero-order valence-electron chi connectivity index (χ0n) is 12.3. The lowest BCUT2D eigenvalue weighted by atomic mass is 10.1. The van der Waals surface area contributed by atoms with Crippen molar-refractivity contribution in [1.82, 2.24) is 10.6 Å². The zero-order valence-corrected chi connectivity index (χ0v) is 13.1. The number of allylic oxidation sites excluding steroid dienone is 2. The van der Waals surface area contributed by atoms with Crippen molar-refractivity contribution in [3.05, 3.63) is 69.7 Å². The van der Waals surface area contributed by atoms with Gasteiger partial charge in [-0.25, -0.2) is 4.79 Å². The van der Waals surface area contributed by atoms with Gasteiger partial charge in [-0.3, -0.25) is 0 Å². The Labute approximate surface area is 138 Å². The van der Waals surface area contributed by atoms with Crippen molar-refractivity contribution < 1.29 is 9.90 Å². The van der Waals surface area contributed by atoms with Crippen LogP contribution in [0.3, 0.4) is 0 Å². The molecule has 2 aliphatic heterocycles. The minimum Gasteiger partial charge on any atom is -0.478 e. The molecule has 1 unspecified atom stereocenters. The quantitative estimate of drug-likeness (QED) is 0.793. The molecule has 0 radical (unpaired) electrons. The van der Waals surface area contributed by atoms with Crippen LogP contribution in [-0.4, -0.2) is 23.0 Å². The Kier molecular flexibility index (Phi) is 4.69. The second-order valence-corrected chi connectivity index (χ2v) is 6.01. The van der Waals surface area contributed by atoms with Gasteiger partial charge in [0.1, 0.15) is 0 Å². The van der Waals surface area contributed by atoms with Crippen LogP contribution in [0, 0.1) is 6.07 Å². The molecule has 1 atom stereocenters. The Morgan fingerprint density at radius 2 is 2.22 bits per heavy atom. The van der Waals surface area contributed by atoms with Gasteiger partial charge in [-0.1, -0.05) is 23.9 Å². The molecule has 0 spiro atoms. The summed E-state index contributed by atoms with van der Waals surface area (Å²) in [4.78, 5) is 15.2. The number of nitrogens with one attached hydrogen (secondary N) is 2. The Bertz CT molecular complexity index is 754. The molecule has 0 amide bonds. The van der Waals surface area contributed by atoms with Crippen molar-refractivity contribution in [2.45, 2.75) is 11.8 Å². The summed E-state index contributed by atoms with van der Waals surface area (Å²) in [7, 11) is 0. The highest BCUT2D eigenvalue weighted by atomic mass is 32.2. The third-order valence-corrected chi connectivity index (χ3v) is 4.25. The van der Waals surface area contributed by atoms with E-state index in [-0.39, 0.29) is 10.9 Å².